The normalized spacial score (nSPS) is 18.9. The number of ketones is 1. The molecule has 4 N–H and O–H groups in total. The van der Waals surface area contributed by atoms with E-state index < -0.39 is 21.9 Å². The first-order valence-corrected chi connectivity index (χ1v) is 12.5. The Hall–Kier alpha value is -2.95. The van der Waals surface area contributed by atoms with Crippen molar-refractivity contribution in [1.29, 1.82) is 0 Å². The van der Waals surface area contributed by atoms with Gasteiger partial charge < -0.3 is 10.5 Å². The number of esters is 1. The molecule has 2 aromatic carbocycles. The van der Waals surface area contributed by atoms with Crippen LogP contribution in [0.25, 0.3) is 0 Å². The zero-order valence-corrected chi connectivity index (χ0v) is 20.1. The van der Waals surface area contributed by atoms with E-state index >= 15 is 0 Å². The van der Waals surface area contributed by atoms with Crippen molar-refractivity contribution in [3.05, 3.63) is 81.2 Å². The first-order chi connectivity index (χ1) is 15.6. The zero-order chi connectivity index (χ0) is 23.9. The number of Topliss-reactive ketones (excluding diaryl/α,β-unsaturated/α-hetero) is 1. The smallest absolute Gasteiger partial charge is 0.338 e. The topological polar surface area (TPSA) is 133 Å². The molecule has 33 heavy (non-hydrogen) atoms. The molecule has 2 aliphatic rings. The lowest BCUT2D eigenvalue weighted by molar-refractivity contribution is -0.136. The van der Waals surface area contributed by atoms with Crippen LogP contribution < -0.4 is 15.8 Å². The summed E-state index contributed by atoms with van der Waals surface area (Å²) >= 11 is 3.41. The van der Waals surface area contributed by atoms with Crippen LogP contribution in [0.1, 0.15) is 30.7 Å². The lowest BCUT2D eigenvalue weighted by atomic mass is 9.75. The minimum absolute atomic E-state index is 0.0549. The number of nitrogens with zero attached hydrogens (tertiary/aromatic N) is 1. The number of primary sulfonamides is 1. The fourth-order valence-electron chi connectivity index (χ4n) is 4.37. The fourth-order valence-corrected chi connectivity index (χ4v) is 5.15. The molecule has 10 heteroatoms. The highest BCUT2D eigenvalue weighted by molar-refractivity contribution is 9.10. The maximum absolute atomic E-state index is 13.2. The van der Waals surface area contributed by atoms with Gasteiger partial charge in [0.25, 0.3) is 0 Å². The van der Waals surface area contributed by atoms with Crippen LogP contribution >= 0.6 is 15.9 Å². The number of halogens is 1. The molecule has 0 amide bonds. The van der Waals surface area contributed by atoms with E-state index in [0.29, 0.717) is 36.2 Å². The van der Waals surface area contributed by atoms with Crippen molar-refractivity contribution in [2.75, 3.05) is 12.0 Å². The average Bonchev–Trinajstić information content (AvgIpc) is 2.78. The van der Waals surface area contributed by atoms with E-state index in [2.05, 4.69) is 15.9 Å². The van der Waals surface area contributed by atoms with Crippen LogP contribution in [-0.2, 0) is 24.3 Å². The molecular weight excluding hydrogens is 510 g/mol. The number of nitrogens with two attached hydrogens (primary N) is 2. The van der Waals surface area contributed by atoms with Gasteiger partial charge in [0, 0.05) is 27.9 Å². The van der Waals surface area contributed by atoms with Gasteiger partial charge in [-0.3, -0.25) is 9.69 Å². The molecule has 1 atom stereocenters. The second-order valence-electron chi connectivity index (χ2n) is 7.79. The first kappa shape index (κ1) is 23.2. The molecule has 8 nitrogen and oxygen atoms in total. The van der Waals surface area contributed by atoms with Gasteiger partial charge in [-0.05, 0) is 54.8 Å². The monoisotopic (exact) mass is 531 g/mol. The lowest BCUT2D eigenvalue weighted by Crippen LogP contribution is -2.40. The van der Waals surface area contributed by atoms with Crippen molar-refractivity contribution in [2.45, 2.75) is 30.1 Å². The summed E-state index contributed by atoms with van der Waals surface area (Å²) in [6, 6.07) is 13.2. The molecule has 0 aromatic heterocycles. The Bertz CT molecular complexity index is 1300. The highest BCUT2D eigenvalue weighted by atomic mass is 79.9. The van der Waals surface area contributed by atoms with E-state index in [0.717, 1.165) is 10.0 Å². The van der Waals surface area contributed by atoms with Crippen LogP contribution in [-0.4, -0.2) is 27.3 Å². The highest BCUT2D eigenvalue weighted by Crippen LogP contribution is 2.46. The molecule has 0 spiro atoms. The van der Waals surface area contributed by atoms with Gasteiger partial charge in [-0.25, -0.2) is 18.4 Å². The fraction of sp³-hybridized carbons (Fsp3) is 0.217. The van der Waals surface area contributed by atoms with E-state index in [1.165, 1.54) is 19.2 Å². The van der Waals surface area contributed by atoms with Crippen molar-refractivity contribution >= 4 is 43.4 Å². The van der Waals surface area contributed by atoms with Crippen LogP contribution in [0.5, 0.6) is 0 Å². The van der Waals surface area contributed by atoms with Gasteiger partial charge in [0.1, 0.15) is 5.82 Å². The van der Waals surface area contributed by atoms with Gasteiger partial charge in [-0.1, -0.05) is 28.1 Å². The van der Waals surface area contributed by atoms with Crippen LogP contribution in [0.4, 0.5) is 5.69 Å². The molecule has 0 radical (unpaired) electrons. The number of hydrogen-bond donors (Lipinski definition) is 2. The number of methoxy groups -OCH3 is 1. The van der Waals surface area contributed by atoms with Gasteiger partial charge in [-0.15, -0.1) is 0 Å². The molecule has 4 rings (SSSR count). The van der Waals surface area contributed by atoms with Gasteiger partial charge in [0.2, 0.25) is 10.0 Å². The molecule has 0 unspecified atom stereocenters. The predicted octanol–water partition coefficient (Wildman–Crippen LogP) is 3.05. The summed E-state index contributed by atoms with van der Waals surface area (Å²) in [6.07, 6.45) is 1.57. The number of rotatable bonds is 4. The molecule has 1 aliphatic heterocycles. The molecule has 1 heterocycles. The summed E-state index contributed by atoms with van der Waals surface area (Å²) < 4.78 is 29.3. The van der Waals surface area contributed by atoms with E-state index in [1.807, 2.05) is 24.3 Å². The van der Waals surface area contributed by atoms with Gasteiger partial charge in [0.15, 0.2) is 5.78 Å². The minimum Gasteiger partial charge on any atom is -0.466 e. The standard InChI is InChI=1S/C23H22BrN3O5S/c1-32-23(29)21-19(13-5-7-14(24)8-6-13)20-17(3-2-4-18(20)28)27(22(21)25)15-9-11-16(12-10-15)33(26,30)31/h5-12,19H,2-4,25H2,1H3,(H2,26,30,31)/t19-/m1/s1. The Labute approximate surface area is 200 Å². The molecular formula is C23H22BrN3O5S. The van der Waals surface area contributed by atoms with Crippen LogP contribution in [0.3, 0.4) is 0 Å². The number of sulfonamides is 1. The Morgan fingerprint density at radius 2 is 1.73 bits per heavy atom. The molecule has 172 valence electrons. The van der Waals surface area contributed by atoms with E-state index in [9.17, 15) is 18.0 Å². The molecule has 0 saturated carbocycles. The Kier molecular flexibility index (Phi) is 6.17. The molecule has 2 aromatic rings. The summed E-state index contributed by atoms with van der Waals surface area (Å²) in [5.41, 5.74) is 9.17. The van der Waals surface area contributed by atoms with Gasteiger partial charge in [-0.2, -0.15) is 0 Å². The Balaban J connectivity index is 1.96. The Morgan fingerprint density at radius 1 is 1.09 bits per heavy atom. The van der Waals surface area contributed by atoms with E-state index in [4.69, 9.17) is 15.6 Å². The maximum atomic E-state index is 13.2. The average molecular weight is 532 g/mol. The number of allylic oxidation sites excluding steroid dienone is 2. The largest absolute Gasteiger partial charge is 0.466 e. The van der Waals surface area contributed by atoms with Gasteiger partial charge in [0.05, 0.1) is 23.5 Å². The number of carbonyl (C=O) groups excluding carboxylic acids is 2. The van der Waals surface area contributed by atoms with Crippen molar-refractivity contribution in [3.63, 3.8) is 0 Å². The van der Waals surface area contributed by atoms with Crippen LogP contribution in [0.15, 0.2) is 80.6 Å². The third kappa shape index (κ3) is 4.21. The minimum atomic E-state index is -3.88. The summed E-state index contributed by atoms with van der Waals surface area (Å²) in [6.45, 7) is 0. The highest BCUT2D eigenvalue weighted by Gasteiger charge is 2.42. The number of hydrogen-bond acceptors (Lipinski definition) is 7. The van der Waals surface area contributed by atoms with Crippen LogP contribution in [0, 0.1) is 0 Å². The van der Waals surface area contributed by atoms with Crippen LogP contribution in [0.2, 0.25) is 0 Å². The lowest BCUT2D eigenvalue weighted by Gasteiger charge is -2.40. The number of anilines is 1. The molecule has 0 saturated heterocycles. The zero-order valence-electron chi connectivity index (χ0n) is 17.7. The summed E-state index contributed by atoms with van der Waals surface area (Å²) in [5.74, 6) is -1.25. The van der Waals surface area contributed by atoms with Crippen molar-refractivity contribution in [1.82, 2.24) is 0 Å². The number of benzene rings is 2. The SMILES string of the molecule is COC(=O)C1=C(N)N(c2ccc(S(N)(=O)=O)cc2)C2=C(C(=O)CCC2)[C@H]1c1ccc(Br)cc1. The van der Waals surface area contributed by atoms with E-state index in [-0.39, 0.29) is 22.1 Å². The number of ether oxygens (including phenoxy) is 1. The second kappa shape index (κ2) is 8.77. The summed E-state index contributed by atoms with van der Waals surface area (Å²) in [5, 5.41) is 5.22. The maximum Gasteiger partial charge on any atom is 0.338 e. The molecule has 0 fully saturated rings. The second-order valence-corrected chi connectivity index (χ2v) is 10.3. The van der Waals surface area contributed by atoms with Crippen molar-refractivity contribution in [2.24, 2.45) is 10.9 Å². The third-order valence-electron chi connectivity index (χ3n) is 5.82. The van der Waals surface area contributed by atoms with Gasteiger partial charge >= 0.3 is 5.97 Å². The number of carbonyl (C=O) groups is 2. The van der Waals surface area contributed by atoms with Crippen molar-refractivity contribution in [3.8, 4) is 0 Å². The summed E-state index contributed by atoms with van der Waals surface area (Å²) in [4.78, 5) is 27.7. The third-order valence-corrected chi connectivity index (χ3v) is 7.28. The Morgan fingerprint density at radius 3 is 2.30 bits per heavy atom. The molecule has 1 aliphatic carbocycles. The van der Waals surface area contributed by atoms with E-state index in [1.54, 1.807) is 17.0 Å². The summed E-state index contributed by atoms with van der Waals surface area (Å²) in [7, 11) is -2.62. The van der Waals surface area contributed by atoms with Crippen molar-refractivity contribution < 1.29 is 22.7 Å². The molecule has 0 bridgehead atoms. The first-order valence-electron chi connectivity index (χ1n) is 10.2. The quantitative estimate of drug-likeness (QED) is 0.579. The predicted molar refractivity (Wildman–Crippen MR) is 126 cm³/mol.